The summed E-state index contributed by atoms with van der Waals surface area (Å²) in [6.45, 7) is 11.2. The lowest BCUT2D eigenvalue weighted by Crippen LogP contribution is -2.35. The first-order chi connectivity index (χ1) is 19.2. The molecule has 0 aromatic carbocycles. The first kappa shape index (κ1) is 29.5. The zero-order valence-electron chi connectivity index (χ0n) is 25.0. The number of aliphatic hydroxyl groups is 3. The molecule has 218 valence electrons. The van der Waals surface area contributed by atoms with E-state index in [1.165, 1.54) is 49.7 Å². The molecule has 0 amide bonds. The van der Waals surface area contributed by atoms with Gasteiger partial charge in [-0.15, -0.1) is 0 Å². The number of rotatable bonds is 9. The Morgan fingerprint density at radius 2 is 1.95 bits per heavy atom. The fourth-order valence-corrected chi connectivity index (χ4v) is 8.33. The van der Waals surface area contributed by atoms with Gasteiger partial charge in [0.2, 0.25) is 0 Å². The molecular weight excluding hydrogens is 494 g/mol. The minimum atomic E-state index is -0.639. The van der Waals surface area contributed by atoms with Crippen molar-refractivity contribution in [3.63, 3.8) is 0 Å². The van der Waals surface area contributed by atoms with Crippen LogP contribution in [-0.4, -0.2) is 38.6 Å². The number of allylic oxidation sites excluding steroid dienone is 4. The Morgan fingerprint density at radius 3 is 2.70 bits per heavy atom. The van der Waals surface area contributed by atoms with Crippen LogP contribution in [0.2, 0.25) is 0 Å². The number of nitrogens with zero attached hydrogens (tertiary/aromatic N) is 1. The monoisotopic (exact) mass is 545 g/mol. The molecule has 1 aromatic heterocycles. The number of fused-ring (bicyclic) bond motifs is 1. The van der Waals surface area contributed by atoms with Crippen LogP contribution in [0.15, 0.2) is 65.9 Å². The number of aryl methyl sites for hydroxylation is 1. The molecule has 0 aliphatic heterocycles. The molecule has 5 rings (SSSR count). The molecule has 4 aliphatic rings. The molecule has 1 heterocycles. The SMILES string of the molecule is C=C1/C(=C\C=C2/CCC[C@]3(C)[C@@H]([C@H](C)/C=C/[C@@H](O)C4(c5cc(CCCC)ccn5)CC4)CC[C@@H]23)C[C@@H](O)C[C@@H]1O. The van der Waals surface area contributed by atoms with Crippen LogP contribution in [0, 0.1) is 23.2 Å². The lowest BCUT2D eigenvalue weighted by Gasteiger charge is -2.44. The summed E-state index contributed by atoms with van der Waals surface area (Å²) in [5.41, 5.74) is 5.73. The van der Waals surface area contributed by atoms with Crippen LogP contribution < -0.4 is 0 Å². The number of pyridine rings is 1. The van der Waals surface area contributed by atoms with Gasteiger partial charge in [0.15, 0.2) is 0 Å². The standard InChI is InChI=1S/C36H51NO3/c1-5-6-8-26-16-20-37-33(21-26)36(18-19-36)34(40)15-10-24(2)30-13-14-31-27(9-7-17-35(30,31)4)11-12-28-22-29(38)23-32(39)25(28)3/h10-12,15-16,20-21,24,29-32,34,38-40H,3,5-9,13-14,17-19,22-23H2,1-2,4H3/b15-10+,27-11+,28-12-/t24-,29-,30-,31+,32+,34-,35-/m1/s1. The largest absolute Gasteiger partial charge is 0.393 e. The number of aliphatic hydroxyl groups excluding tert-OH is 3. The third-order valence-corrected chi connectivity index (χ3v) is 11.0. The maximum atomic E-state index is 11.4. The Morgan fingerprint density at radius 1 is 1.15 bits per heavy atom. The minimum Gasteiger partial charge on any atom is -0.393 e. The zero-order valence-corrected chi connectivity index (χ0v) is 25.0. The fourth-order valence-electron chi connectivity index (χ4n) is 8.33. The van der Waals surface area contributed by atoms with E-state index in [-0.39, 0.29) is 10.8 Å². The smallest absolute Gasteiger partial charge is 0.0832 e. The Labute approximate surface area is 242 Å². The van der Waals surface area contributed by atoms with E-state index in [1.54, 1.807) is 0 Å². The van der Waals surface area contributed by atoms with Crippen LogP contribution in [0.25, 0.3) is 0 Å². The Bertz CT molecular complexity index is 1160. The normalized spacial score (nSPS) is 35.3. The van der Waals surface area contributed by atoms with Crippen LogP contribution in [0.1, 0.15) is 103 Å². The van der Waals surface area contributed by atoms with E-state index in [4.69, 9.17) is 4.98 Å². The van der Waals surface area contributed by atoms with Crippen molar-refractivity contribution in [2.24, 2.45) is 23.2 Å². The molecule has 1 aromatic rings. The summed E-state index contributed by atoms with van der Waals surface area (Å²) in [4.78, 5) is 4.71. The molecule has 4 heteroatoms. The van der Waals surface area contributed by atoms with Crippen molar-refractivity contribution in [3.05, 3.63) is 77.2 Å². The Balaban J connectivity index is 1.27. The summed E-state index contributed by atoms with van der Waals surface area (Å²) in [5, 5.41) is 31.8. The summed E-state index contributed by atoms with van der Waals surface area (Å²) in [5.74, 6) is 1.57. The van der Waals surface area contributed by atoms with Gasteiger partial charge in [0.25, 0.3) is 0 Å². The minimum absolute atomic E-state index is 0.209. The van der Waals surface area contributed by atoms with Crippen molar-refractivity contribution < 1.29 is 15.3 Å². The molecule has 4 saturated carbocycles. The van der Waals surface area contributed by atoms with Gasteiger partial charge < -0.3 is 15.3 Å². The summed E-state index contributed by atoms with van der Waals surface area (Å²) >= 11 is 0. The van der Waals surface area contributed by atoms with Gasteiger partial charge in [0.05, 0.1) is 18.3 Å². The first-order valence-electron chi connectivity index (χ1n) is 15.9. The average Bonchev–Trinajstić information content (AvgIpc) is 3.68. The van der Waals surface area contributed by atoms with Gasteiger partial charge in [0.1, 0.15) is 0 Å². The van der Waals surface area contributed by atoms with Crippen molar-refractivity contribution in [2.75, 3.05) is 0 Å². The Hall–Kier alpha value is -2.01. The highest BCUT2D eigenvalue weighted by Gasteiger charge is 2.52. The second kappa shape index (κ2) is 12.1. The third kappa shape index (κ3) is 5.82. The summed E-state index contributed by atoms with van der Waals surface area (Å²) in [7, 11) is 0. The topological polar surface area (TPSA) is 73.6 Å². The Kier molecular flexibility index (Phi) is 8.90. The van der Waals surface area contributed by atoms with Crippen LogP contribution in [0.3, 0.4) is 0 Å². The maximum Gasteiger partial charge on any atom is 0.0832 e. The lowest BCUT2D eigenvalue weighted by molar-refractivity contribution is 0.0862. The number of hydrogen-bond donors (Lipinski definition) is 3. The quantitative estimate of drug-likeness (QED) is 0.288. The fraction of sp³-hybridized carbons (Fsp3) is 0.639. The van der Waals surface area contributed by atoms with Gasteiger partial charge in [-0.25, -0.2) is 0 Å². The molecule has 3 N–H and O–H groups in total. The third-order valence-electron chi connectivity index (χ3n) is 11.0. The van der Waals surface area contributed by atoms with E-state index in [0.29, 0.717) is 30.6 Å². The van der Waals surface area contributed by atoms with Crippen molar-refractivity contribution in [3.8, 4) is 0 Å². The molecule has 0 saturated heterocycles. The van der Waals surface area contributed by atoms with E-state index in [1.807, 2.05) is 6.20 Å². The van der Waals surface area contributed by atoms with Crippen LogP contribution in [0.4, 0.5) is 0 Å². The van der Waals surface area contributed by atoms with Gasteiger partial charge in [-0.3, -0.25) is 4.98 Å². The molecule has 0 radical (unpaired) electrons. The molecule has 7 atom stereocenters. The van der Waals surface area contributed by atoms with Gasteiger partial charge in [0, 0.05) is 23.7 Å². The van der Waals surface area contributed by atoms with Crippen molar-refractivity contribution in [1.82, 2.24) is 4.98 Å². The number of hydrogen-bond acceptors (Lipinski definition) is 4. The van der Waals surface area contributed by atoms with E-state index in [0.717, 1.165) is 42.5 Å². The summed E-state index contributed by atoms with van der Waals surface area (Å²) in [6.07, 6.45) is 21.6. The molecule has 4 aliphatic carbocycles. The summed E-state index contributed by atoms with van der Waals surface area (Å²) < 4.78 is 0. The molecule has 40 heavy (non-hydrogen) atoms. The van der Waals surface area contributed by atoms with E-state index < -0.39 is 18.3 Å². The van der Waals surface area contributed by atoms with Gasteiger partial charge in [-0.2, -0.15) is 0 Å². The second-order valence-corrected chi connectivity index (χ2v) is 13.7. The van der Waals surface area contributed by atoms with Gasteiger partial charge in [-0.1, -0.05) is 63.6 Å². The van der Waals surface area contributed by atoms with Crippen LogP contribution in [-0.2, 0) is 11.8 Å². The number of aromatic nitrogens is 1. The molecule has 0 unspecified atom stereocenters. The van der Waals surface area contributed by atoms with Crippen LogP contribution >= 0.6 is 0 Å². The highest BCUT2D eigenvalue weighted by molar-refractivity contribution is 5.39. The zero-order chi connectivity index (χ0) is 28.5. The van der Waals surface area contributed by atoms with E-state index >= 15 is 0 Å². The molecular formula is C36H51NO3. The second-order valence-electron chi connectivity index (χ2n) is 13.7. The van der Waals surface area contributed by atoms with Crippen molar-refractivity contribution >= 4 is 0 Å². The van der Waals surface area contributed by atoms with Crippen molar-refractivity contribution in [2.45, 2.75) is 122 Å². The van der Waals surface area contributed by atoms with Crippen LogP contribution in [0.5, 0.6) is 0 Å². The molecule has 4 fully saturated rings. The molecule has 0 bridgehead atoms. The van der Waals surface area contributed by atoms with E-state index in [9.17, 15) is 15.3 Å². The molecule has 4 nitrogen and oxygen atoms in total. The maximum absolute atomic E-state index is 11.4. The molecule has 0 spiro atoms. The average molecular weight is 546 g/mol. The van der Waals surface area contributed by atoms with Gasteiger partial charge in [-0.05, 0) is 116 Å². The predicted molar refractivity (Wildman–Crippen MR) is 163 cm³/mol. The summed E-state index contributed by atoms with van der Waals surface area (Å²) in [6, 6.07) is 4.36. The van der Waals surface area contributed by atoms with E-state index in [2.05, 4.69) is 63.8 Å². The highest BCUT2D eigenvalue weighted by Crippen LogP contribution is 2.60. The number of unbranched alkanes of at least 4 members (excludes halogenated alkanes) is 1. The van der Waals surface area contributed by atoms with Crippen molar-refractivity contribution in [1.29, 1.82) is 0 Å². The van der Waals surface area contributed by atoms with Gasteiger partial charge >= 0.3 is 0 Å². The lowest BCUT2D eigenvalue weighted by atomic mass is 9.61. The predicted octanol–water partition coefficient (Wildman–Crippen LogP) is 7.15. The first-order valence-corrected chi connectivity index (χ1v) is 15.9. The highest BCUT2D eigenvalue weighted by atomic mass is 16.3.